The minimum absolute atomic E-state index is 0.0441. The maximum Gasteiger partial charge on any atom is 0.223 e. The summed E-state index contributed by atoms with van der Waals surface area (Å²) >= 11 is 0. The lowest BCUT2D eigenvalue weighted by Gasteiger charge is -2.17. The molecule has 21 heavy (non-hydrogen) atoms. The monoisotopic (exact) mass is 286 g/mol. The van der Waals surface area contributed by atoms with Crippen molar-refractivity contribution in [2.75, 3.05) is 13.7 Å². The smallest absolute Gasteiger partial charge is 0.223 e. The lowest BCUT2D eigenvalue weighted by Crippen LogP contribution is -2.33. The van der Waals surface area contributed by atoms with Crippen molar-refractivity contribution in [2.24, 2.45) is 5.73 Å². The van der Waals surface area contributed by atoms with Gasteiger partial charge >= 0.3 is 0 Å². The van der Waals surface area contributed by atoms with Gasteiger partial charge in [-0.3, -0.25) is 4.79 Å². The Kier molecular flexibility index (Phi) is 5.31. The SMILES string of the molecule is COC(CN)CC(=O)NC(C)c1ccc2ccccc2c1. The summed E-state index contributed by atoms with van der Waals surface area (Å²) in [6.45, 7) is 2.32. The quantitative estimate of drug-likeness (QED) is 0.857. The predicted octanol–water partition coefficient (Wildman–Crippen LogP) is 2.38. The molecule has 2 aromatic rings. The Morgan fingerprint density at radius 3 is 2.62 bits per heavy atom. The van der Waals surface area contributed by atoms with E-state index >= 15 is 0 Å². The van der Waals surface area contributed by atoms with Gasteiger partial charge in [-0.2, -0.15) is 0 Å². The number of hydrogen-bond acceptors (Lipinski definition) is 3. The number of rotatable bonds is 6. The molecule has 4 nitrogen and oxygen atoms in total. The normalized spacial score (nSPS) is 13.9. The maximum atomic E-state index is 12.0. The first-order chi connectivity index (χ1) is 10.1. The molecule has 4 heteroatoms. The van der Waals surface area contributed by atoms with Gasteiger partial charge in [0.25, 0.3) is 0 Å². The van der Waals surface area contributed by atoms with Gasteiger partial charge in [-0.1, -0.05) is 36.4 Å². The van der Waals surface area contributed by atoms with Crippen molar-refractivity contribution in [1.82, 2.24) is 5.32 Å². The Bertz CT molecular complexity index is 609. The molecule has 2 atom stereocenters. The zero-order valence-corrected chi connectivity index (χ0v) is 12.5. The Morgan fingerprint density at radius 2 is 1.95 bits per heavy atom. The van der Waals surface area contributed by atoms with E-state index in [2.05, 4.69) is 29.6 Å². The largest absolute Gasteiger partial charge is 0.380 e. The minimum atomic E-state index is -0.228. The summed E-state index contributed by atoms with van der Waals surface area (Å²) in [5, 5.41) is 5.36. The van der Waals surface area contributed by atoms with Crippen LogP contribution in [0.3, 0.4) is 0 Å². The Hall–Kier alpha value is -1.91. The highest BCUT2D eigenvalue weighted by Gasteiger charge is 2.14. The lowest BCUT2D eigenvalue weighted by molar-refractivity contribution is -0.124. The average Bonchev–Trinajstić information content (AvgIpc) is 2.52. The van der Waals surface area contributed by atoms with Crippen molar-refractivity contribution in [3.63, 3.8) is 0 Å². The van der Waals surface area contributed by atoms with E-state index in [1.54, 1.807) is 7.11 Å². The van der Waals surface area contributed by atoms with Crippen molar-refractivity contribution < 1.29 is 9.53 Å². The van der Waals surface area contributed by atoms with E-state index in [-0.39, 0.29) is 24.5 Å². The molecule has 0 heterocycles. The van der Waals surface area contributed by atoms with Crippen molar-refractivity contribution >= 4 is 16.7 Å². The topological polar surface area (TPSA) is 64.3 Å². The second kappa shape index (κ2) is 7.20. The average molecular weight is 286 g/mol. The number of nitrogens with two attached hydrogens (primary N) is 1. The molecule has 0 saturated heterocycles. The van der Waals surface area contributed by atoms with E-state index in [0.717, 1.165) is 5.56 Å². The van der Waals surface area contributed by atoms with Gasteiger partial charge < -0.3 is 15.8 Å². The number of carbonyl (C=O) groups is 1. The van der Waals surface area contributed by atoms with Gasteiger partial charge in [0.15, 0.2) is 0 Å². The first kappa shape index (κ1) is 15.5. The highest BCUT2D eigenvalue weighted by Crippen LogP contribution is 2.20. The number of amides is 1. The highest BCUT2D eigenvalue weighted by atomic mass is 16.5. The molecular weight excluding hydrogens is 264 g/mol. The standard InChI is InChI=1S/C17H22N2O2/c1-12(19-17(20)10-16(11-18)21-2)14-8-7-13-5-3-4-6-15(13)9-14/h3-9,12,16H,10-11,18H2,1-2H3,(H,19,20). The van der Waals surface area contributed by atoms with E-state index in [4.69, 9.17) is 10.5 Å². The number of ether oxygens (including phenoxy) is 1. The van der Waals surface area contributed by atoms with Crippen LogP contribution in [0, 0.1) is 0 Å². The van der Waals surface area contributed by atoms with Crippen LogP contribution < -0.4 is 11.1 Å². The van der Waals surface area contributed by atoms with Gasteiger partial charge in [0.05, 0.1) is 18.6 Å². The van der Waals surface area contributed by atoms with Crippen LogP contribution in [0.2, 0.25) is 0 Å². The van der Waals surface area contributed by atoms with Gasteiger partial charge in [0.1, 0.15) is 0 Å². The number of hydrogen-bond donors (Lipinski definition) is 2. The first-order valence-corrected chi connectivity index (χ1v) is 7.15. The van der Waals surface area contributed by atoms with E-state index in [1.165, 1.54) is 10.8 Å². The summed E-state index contributed by atoms with van der Waals surface area (Å²) in [5.41, 5.74) is 6.62. The summed E-state index contributed by atoms with van der Waals surface area (Å²) in [6.07, 6.45) is 0.0547. The summed E-state index contributed by atoms with van der Waals surface area (Å²) in [6, 6.07) is 14.4. The number of benzene rings is 2. The zero-order valence-electron chi connectivity index (χ0n) is 12.5. The van der Waals surface area contributed by atoms with Crippen LogP contribution in [0.25, 0.3) is 10.8 Å². The van der Waals surface area contributed by atoms with Crippen LogP contribution in [0.15, 0.2) is 42.5 Å². The Morgan fingerprint density at radius 1 is 1.24 bits per heavy atom. The van der Waals surface area contributed by atoms with Crippen LogP contribution in [-0.2, 0) is 9.53 Å². The molecule has 0 aliphatic rings. The highest BCUT2D eigenvalue weighted by molar-refractivity contribution is 5.83. The van der Waals surface area contributed by atoms with E-state index in [0.29, 0.717) is 6.54 Å². The number of nitrogens with one attached hydrogen (secondary N) is 1. The van der Waals surface area contributed by atoms with Crippen LogP contribution in [-0.4, -0.2) is 25.7 Å². The molecule has 0 spiro atoms. The second-order valence-corrected chi connectivity index (χ2v) is 5.19. The zero-order chi connectivity index (χ0) is 15.2. The first-order valence-electron chi connectivity index (χ1n) is 7.15. The van der Waals surface area contributed by atoms with Crippen molar-refractivity contribution in [3.8, 4) is 0 Å². The molecule has 0 aromatic heterocycles. The third-order valence-electron chi connectivity index (χ3n) is 3.66. The fourth-order valence-electron chi connectivity index (χ4n) is 2.33. The van der Waals surface area contributed by atoms with Gasteiger partial charge in [0, 0.05) is 13.7 Å². The molecule has 112 valence electrons. The maximum absolute atomic E-state index is 12.0. The molecule has 0 saturated carbocycles. The molecule has 0 bridgehead atoms. The van der Waals surface area contributed by atoms with Gasteiger partial charge in [-0.15, -0.1) is 0 Å². The van der Waals surface area contributed by atoms with Crippen LogP contribution >= 0.6 is 0 Å². The van der Waals surface area contributed by atoms with Crippen molar-refractivity contribution in [1.29, 1.82) is 0 Å². The molecule has 3 N–H and O–H groups in total. The predicted molar refractivity (Wildman–Crippen MR) is 85.0 cm³/mol. The van der Waals surface area contributed by atoms with Gasteiger partial charge in [-0.25, -0.2) is 0 Å². The van der Waals surface area contributed by atoms with Crippen LogP contribution in [0.4, 0.5) is 0 Å². The molecule has 0 fully saturated rings. The van der Waals surface area contributed by atoms with E-state index in [1.807, 2.05) is 25.1 Å². The third-order valence-corrected chi connectivity index (χ3v) is 3.66. The fourth-order valence-corrected chi connectivity index (χ4v) is 2.33. The van der Waals surface area contributed by atoms with Crippen molar-refractivity contribution in [2.45, 2.75) is 25.5 Å². The molecule has 2 aromatic carbocycles. The number of carbonyl (C=O) groups excluding carboxylic acids is 1. The van der Waals surface area contributed by atoms with Crippen LogP contribution in [0.1, 0.15) is 24.9 Å². The lowest BCUT2D eigenvalue weighted by atomic mass is 10.0. The molecule has 0 aliphatic heterocycles. The number of fused-ring (bicyclic) bond motifs is 1. The second-order valence-electron chi connectivity index (χ2n) is 5.19. The molecule has 2 rings (SSSR count). The van der Waals surface area contributed by atoms with Gasteiger partial charge in [0.2, 0.25) is 5.91 Å². The molecule has 1 amide bonds. The molecular formula is C17H22N2O2. The fraction of sp³-hybridized carbons (Fsp3) is 0.353. The Labute approximate surface area is 125 Å². The summed E-state index contributed by atoms with van der Waals surface area (Å²) in [4.78, 5) is 12.0. The molecule has 0 aliphatic carbocycles. The van der Waals surface area contributed by atoms with Gasteiger partial charge in [-0.05, 0) is 29.3 Å². The van der Waals surface area contributed by atoms with E-state index in [9.17, 15) is 4.79 Å². The molecule has 0 radical (unpaired) electrons. The molecule has 2 unspecified atom stereocenters. The Balaban J connectivity index is 2.04. The van der Waals surface area contributed by atoms with Crippen LogP contribution in [0.5, 0.6) is 0 Å². The summed E-state index contributed by atoms with van der Waals surface area (Å²) < 4.78 is 5.13. The summed E-state index contributed by atoms with van der Waals surface area (Å²) in [7, 11) is 1.57. The van der Waals surface area contributed by atoms with Crippen molar-refractivity contribution in [3.05, 3.63) is 48.0 Å². The van der Waals surface area contributed by atoms with E-state index < -0.39 is 0 Å². The third kappa shape index (κ3) is 4.03. The minimum Gasteiger partial charge on any atom is -0.380 e. The number of methoxy groups -OCH3 is 1. The summed E-state index contributed by atoms with van der Waals surface area (Å²) in [5.74, 6) is -0.0482.